The van der Waals surface area contributed by atoms with Gasteiger partial charge >= 0.3 is 5.97 Å². The Bertz CT molecular complexity index is 673. The molecule has 0 aromatic carbocycles. The van der Waals surface area contributed by atoms with E-state index >= 15 is 0 Å². The average Bonchev–Trinajstić information content (AvgIpc) is 2.86. The van der Waals surface area contributed by atoms with E-state index < -0.39 is 5.97 Å². The number of carbonyl (C=O) groups is 2. The molecule has 0 bridgehead atoms. The van der Waals surface area contributed by atoms with E-state index in [9.17, 15) is 14.7 Å². The van der Waals surface area contributed by atoms with Crippen molar-refractivity contribution in [2.75, 3.05) is 5.75 Å². The quantitative estimate of drug-likeness (QED) is 0.706. The zero-order chi connectivity index (χ0) is 19.4. The van der Waals surface area contributed by atoms with Crippen LogP contribution in [0, 0.1) is 28.6 Å². The van der Waals surface area contributed by atoms with Gasteiger partial charge in [0.1, 0.15) is 5.78 Å². The number of rotatable bonds is 4. The minimum absolute atomic E-state index is 0.172. The molecular formula is C22H32O4S. The first-order valence-corrected chi connectivity index (χ1v) is 11.5. The number of carboxylic acids is 1. The second-order valence-corrected chi connectivity index (χ2v) is 11.1. The summed E-state index contributed by atoms with van der Waals surface area (Å²) in [5, 5.41) is 19.4. The van der Waals surface area contributed by atoms with Gasteiger partial charge in [-0.1, -0.05) is 25.5 Å². The van der Waals surface area contributed by atoms with E-state index in [0.29, 0.717) is 35.7 Å². The Labute approximate surface area is 166 Å². The van der Waals surface area contributed by atoms with E-state index in [4.69, 9.17) is 5.11 Å². The number of carboxylic acid groups (broad SMARTS) is 1. The molecule has 0 saturated heterocycles. The summed E-state index contributed by atoms with van der Waals surface area (Å²) in [7, 11) is 0. The summed E-state index contributed by atoms with van der Waals surface area (Å²) in [4.78, 5) is 23.9. The van der Waals surface area contributed by atoms with Crippen LogP contribution in [-0.4, -0.2) is 39.1 Å². The first kappa shape index (κ1) is 19.5. The topological polar surface area (TPSA) is 74.6 Å². The number of carbonyl (C=O) groups excluding carboxylic acids is 1. The Balaban J connectivity index is 1.61. The molecule has 27 heavy (non-hydrogen) atoms. The maximum absolute atomic E-state index is 12.9. The number of ketones is 1. The molecule has 0 radical (unpaired) electrons. The highest BCUT2D eigenvalue weighted by molar-refractivity contribution is 8.00. The average molecular weight is 393 g/mol. The van der Waals surface area contributed by atoms with Gasteiger partial charge in [0.15, 0.2) is 0 Å². The Morgan fingerprint density at radius 2 is 1.96 bits per heavy atom. The molecule has 3 saturated carbocycles. The molecule has 0 spiro atoms. The van der Waals surface area contributed by atoms with Crippen LogP contribution in [0.4, 0.5) is 0 Å². The van der Waals surface area contributed by atoms with Gasteiger partial charge in [0.05, 0.1) is 12.5 Å². The largest absolute Gasteiger partial charge is 0.481 e. The van der Waals surface area contributed by atoms with Crippen molar-refractivity contribution >= 4 is 23.5 Å². The fourth-order valence-corrected chi connectivity index (χ4v) is 8.48. The third-order valence-corrected chi connectivity index (χ3v) is 9.73. The zero-order valence-corrected chi connectivity index (χ0v) is 17.3. The van der Waals surface area contributed by atoms with E-state index in [0.717, 1.165) is 38.5 Å². The lowest BCUT2D eigenvalue weighted by Gasteiger charge is -2.57. The number of thioether (sulfide) groups is 1. The number of aliphatic hydroxyl groups excluding tert-OH is 1. The number of Topliss-reactive ketones (excluding diaryl/α,β-unsaturated/α-hetero) is 1. The van der Waals surface area contributed by atoms with Crippen molar-refractivity contribution in [3.8, 4) is 0 Å². The highest BCUT2D eigenvalue weighted by Gasteiger charge is 2.61. The molecule has 0 aromatic rings. The standard InChI is InChI=1S/C22H32O4S/c1-21-8-5-14(23)11-13(21)3-4-15-16(21)6-9-22(2)18(24)12-17(20(15)22)27-10-7-19(25)26/h3,14-17,20,23H,4-12H2,1-2H3,(H,25,26)/t14-,15?,16?,17+,20?,21-,22+/m0/s1. The van der Waals surface area contributed by atoms with Crippen molar-refractivity contribution in [2.24, 2.45) is 28.6 Å². The molecule has 3 fully saturated rings. The van der Waals surface area contributed by atoms with Crippen LogP contribution < -0.4 is 0 Å². The zero-order valence-electron chi connectivity index (χ0n) is 16.4. The van der Waals surface area contributed by atoms with Crippen molar-refractivity contribution in [1.82, 2.24) is 0 Å². The van der Waals surface area contributed by atoms with Gasteiger partial charge in [-0.15, -0.1) is 0 Å². The molecule has 4 aliphatic rings. The molecule has 2 N–H and O–H groups in total. The van der Waals surface area contributed by atoms with E-state index in [1.807, 2.05) is 0 Å². The van der Waals surface area contributed by atoms with Gasteiger partial charge in [-0.3, -0.25) is 9.59 Å². The lowest BCUT2D eigenvalue weighted by atomic mass is 9.48. The molecule has 0 aromatic heterocycles. The first-order chi connectivity index (χ1) is 12.8. The summed E-state index contributed by atoms with van der Waals surface area (Å²) in [6.45, 7) is 4.58. The van der Waals surface area contributed by atoms with Crippen molar-refractivity contribution in [1.29, 1.82) is 0 Å². The van der Waals surface area contributed by atoms with E-state index in [-0.39, 0.29) is 28.6 Å². The Morgan fingerprint density at radius 1 is 1.22 bits per heavy atom. The second-order valence-electron chi connectivity index (χ2n) is 9.71. The highest BCUT2D eigenvalue weighted by atomic mass is 32.2. The van der Waals surface area contributed by atoms with Crippen molar-refractivity contribution in [2.45, 2.75) is 76.6 Å². The first-order valence-electron chi connectivity index (χ1n) is 10.5. The van der Waals surface area contributed by atoms with Crippen LogP contribution in [0.15, 0.2) is 11.6 Å². The molecule has 4 aliphatic carbocycles. The van der Waals surface area contributed by atoms with Crippen molar-refractivity contribution < 1.29 is 19.8 Å². The molecule has 0 aliphatic heterocycles. The number of aliphatic carboxylic acids is 1. The Hall–Kier alpha value is -0.810. The van der Waals surface area contributed by atoms with Crippen LogP contribution in [-0.2, 0) is 9.59 Å². The van der Waals surface area contributed by atoms with Crippen LogP contribution in [0.1, 0.15) is 65.2 Å². The Morgan fingerprint density at radius 3 is 2.70 bits per heavy atom. The monoisotopic (exact) mass is 392 g/mol. The Kier molecular flexibility index (Phi) is 4.99. The van der Waals surface area contributed by atoms with Gasteiger partial charge in [0.2, 0.25) is 0 Å². The van der Waals surface area contributed by atoms with Gasteiger partial charge < -0.3 is 10.2 Å². The van der Waals surface area contributed by atoms with Gasteiger partial charge in [-0.2, -0.15) is 11.8 Å². The van der Waals surface area contributed by atoms with Crippen LogP contribution in [0.5, 0.6) is 0 Å². The predicted molar refractivity (Wildman–Crippen MR) is 107 cm³/mol. The maximum atomic E-state index is 12.9. The summed E-state index contributed by atoms with van der Waals surface area (Å²) in [6.07, 6.45) is 8.83. The van der Waals surface area contributed by atoms with Crippen LogP contribution in [0.2, 0.25) is 0 Å². The summed E-state index contributed by atoms with van der Waals surface area (Å²) in [5.74, 6) is 1.72. The highest BCUT2D eigenvalue weighted by Crippen LogP contribution is 2.65. The number of allylic oxidation sites excluding steroid dienone is 1. The molecule has 5 heteroatoms. The fraction of sp³-hybridized carbons (Fsp3) is 0.818. The van der Waals surface area contributed by atoms with Crippen molar-refractivity contribution in [3.05, 3.63) is 11.6 Å². The van der Waals surface area contributed by atoms with Crippen LogP contribution in [0.3, 0.4) is 0 Å². The van der Waals surface area contributed by atoms with Gasteiger partial charge in [-0.05, 0) is 61.7 Å². The lowest BCUT2D eigenvalue weighted by Crippen LogP contribution is -2.52. The second kappa shape index (κ2) is 6.91. The molecule has 150 valence electrons. The van der Waals surface area contributed by atoms with E-state index in [1.54, 1.807) is 11.8 Å². The molecular weight excluding hydrogens is 360 g/mol. The molecule has 0 heterocycles. The number of fused-ring (bicyclic) bond motifs is 5. The molecule has 4 nitrogen and oxygen atoms in total. The number of hydrogen-bond donors (Lipinski definition) is 2. The maximum Gasteiger partial charge on any atom is 0.304 e. The van der Waals surface area contributed by atoms with E-state index in [2.05, 4.69) is 19.9 Å². The SMILES string of the molecule is C[C@]12CC[C@H](O)CC1=CCC1C2CC[C@]2(C)C(=O)C[C@@H](SCCC(=O)O)C12. The third kappa shape index (κ3) is 3.09. The van der Waals surface area contributed by atoms with E-state index in [1.165, 1.54) is 5.57 Å². The molecule has 0 amide bonds. The normalized spacial score (nSPS) is 46.3. The molecule has 3 unspecified atom stereocenters. The third-order valence-electron chi connectivity index (χ3n) is 8.40. The minimum atomic E-state index is -0.755. The van der Waals surface area contributed by atoms with Crippen LogP contribution in [0.25, 0.3) is 0 Å². The summed E-state index contributed by atoms with van der Waals surface area (Å²) < 4.78 is 0. The van der Waals surface area contributed by atoms with Crippen LogP contribution >= 0.6 is 11.8 Å². The minimum Gasteiger partial charge on any atom is -0.481 e. The predicted octanol–water partition coefficient (Wildman–Crippen LogP) is 4.07. The molecule has 7 atom stereocenters. The molecule has 4 rings (SSSR count). The number of aliphatic hydroxyl groups is 1. The fourth-order valence-electron chi connectivity index (χ4n) is 6.91. The number of hydrogen-bond acceptors (Lipinski definition) is 4. The lowest BCUT2D eigenvalue weighted by molar-refractivity contribution is -0.136. The van der Waals surface area contributed by atoms with Gasteiger partial charge in [0.25, 0.3) is 0 Å². The summed E-state index contributed by atoms with van der Waals surface area (Å²) in [6, 6.07) is 0. The van der Waals surface area contributed by atoms with Gasteiger partial charge in [-0.25, -0.2) is 0 Å². The van der Waals surface area contributed by atoms with Gasteiger partial charge in [0, 0.05) is 22.8 Å². The van der Waals surface area contributed by atoms with Crippen molar-refractivity contribution in [3.63, 3.8) is 0 Å². The summed E-state index contributed by atoms with van der Waals surface area (Å²) >= 11 is 1.72. The smallest absolute Gasteiger partial charge is 0.304 e. The summed E-state index contributed by atoms with van der Waals surface area (Å²) in [5.41, 5.74) is 1.40.